The lowest BCUT2D eigenvalue weighted by atomic mass is 9.99. The fourth-order valence-corrected chi connectivity index (χ4v) is 2.92. The zero-order valence-electron chi connectivity index (χ0n) is 13.3. The molecule has 2 rings (SSSR count). The predicted molar refractivity (Wildman–Crippen MR) is 82.6 cm³/mol. The number of nitrogens with one attached hydrogen (secondary N) is 1. The number of nitrogens with zero attached hydrogens (tertiary/aromatic N) is 4. The van der Waals surface area contributed by atoms with Gasteiger partial charge < -0.3 is 10.2 Å². The first kappa shape index (κ1) is 15.8. The molecule has 1 fully saturated rings. The summed E-state index contributed by atoms with van der Waals surface area (Å²) in [5.74, 6) is 0.570. The molecule has 0 aromatic carbocycles. The van der Waals surface area contributed by atoms with Crippen molar-refractivity contribution in [1.29, 1.82) is 0 Å². The zero-order valence-corrected chi connectivity index (χ0v) is 13.3. The standard InChI is InChI=1S/C14H25N5O2/c1-5-7-18-14(13(19(20)21)11(3)16-18)15-12-6-8-17(4)10(2)9-12/h10,12,15H,5-9H2,1-4H3. The van der Waals surface area contributed by atoms with E-state index in [9.17, 15) is 10.1 Å². The Balaban J connectivity index is 2.23. The molecule has 118 valence electrons. The summed E-state index contributed by atoms with van der Waals surface area (Å²) in [4.78, 5) is 13.3. The van der Waals surface area contributed by atoms with Crippen molar-refractivity contribution in [2.45, 2.75) is 58.7 Å². The van der Waals surface area contributed by atoms with Crippen LogP contribution in [-0.2, 0) is 6.54 Å². The highest BCUT2D eigenvalue weighted by Crippen LogP contribution is 2.30. The number of hydrogen-bond acceptors (Lipinski definition) is 5. The quantitative estimate of drug-likeness (QED) is 0.667. The van der Waals surface area contributed by atoms with E-state index in [2.05, 4.69) is 29.3 Å². The Labute approximate surface area is 125 Å². The van der Waals surface area contributed by atoms with E-state index in [0.717, 1.165) is 25.8 Å². The van der Waals surface area contributed by atoms with Gasteiger partial charge in [0.2, 0.25) is 5.82 Å². The second kappa shape index (κ2) is 6.43. The van der Waals surface area contributed by atoms with Gasteiger partial charge in [0, 0.05) is 25.2 Å². The summed E-state index contributed by atoms with van der Waals surface area (Å²) in [5.41, 5.74) is 0.604. The summed E-state index contributed by atoms with van der Waals surface area (Å²) in [6.45, 7) is 7.64. The Morgan fingerprint density at radius 3 is 2.81 bits per heavy atom. The third kappa shape index (κ3) is 3.34. The highest BCUT2D eigenvalue weighted by Gasteiger charge is 2.29. The fourth-order valence-electron chi connectivity index (χ4n) is 2.92. The monoisotopic (exact) mass is 295 g/mol. The molecule has 0 amide bonds. The number of anilines is 1. The molecule has 1 aliphatic heterocycles. The normalized spacial score (nSPS) is 23.2. The van der Waals surface area contributed by atoms with Gasteiger partial charge in [-0.1, -0.05) is 6.92 Å². The number of aromatic nitrogens is 2. The average Bonchev–Trinajstić information content (AvgIpc) is 2.70. The number of likely N-dealkylation sites (tertiary alicyclic amines) is 1. The topological polar surface area (TPSA) is 76.2 Å². The van der Waals surface area contributed by atoms with E-state index < -0.39 is 0 Å². The minimum absolute atomic E-state index is 0.120. The van der Waals surface area contributed by atoms with Crippen molar-refractivity contribution in [2.24, 2.45) is 0 Å². The Morgan fingerprint density at radius 1 is 1.52 bits per heavy atom. The van der Waals surface area contributed by atoms with Crippen LogP contribution < -0.4 is 5.32 Å². The second-order valence-corrected chi connectivity index (χ2v) is 5.96. The molecule has 21 heavy (non-hydrogen) atoms. The van der Waals surface area contributed by atoms with Gasteiger partial charge in [-0.15, -0.1) is 0 Å². The van der Waals surface area contributed by atoms with Gasteiger partial charge in [0.25, 0.3) is 0 Å². The molecule has 0 spiro atoms. The number of hydrogen-bond donors (Lipinski definition) is 1. The van der Waals surface area contributed by atoms with Gasteiger partial charge in [-0.05, 0) is 40.2 Å². The van der Waals surface area contributed by atoms with E-state index in [1.54, 1.807) is 11.6 Å². The molecule has 0 radical (unpaired) electrons. The Kier molecular flexibility index (Phi) is 4.82. The van der Waals surface area contributed by atoms with Crippen LogP contribution in [0.4, 0.5) is 11.5 Å². The van der Waals surface area contributed by atoms with Gasteiger partial charge in [0.15, 0.2) is 0 Å². The van der Waals surface area contributed by atoms with Crippen molar-refractivity contribution >= 4 is 11.5 Å². The highest BCUT2D eigenvalue weighted by atomic mass is 16.6. The van der Waals surface area contributed by atoms with Crippen LogP contribution in [0.1, 0.15) is 38.8 Å². The van der Waals surface area contributed by atoms with Crippen molar-refractivity contribution < 1.29 is 4.92 Å². The largest absolute Gasteiger partial charge is 0.362 e. The van der Waals surface area contributed by atoms with Crippen LogP contribution in [0, 0.1) is 17.0 Å². The minimum Gasteiger partial charge on any atom is -0.362 e. The fraction of sp³-hybridized carbons (Fsp3) is 0.786. The smallest absolute Gasteiger partial charge is 0.333 e. The Morgan fingerprint density at radius 2 is 2.24 bits per heavy atom. The van der Waals surface area contributed by atoms with E-state index in [1.807, 2.05) is 6.92 Å². The zero-order chi connectivity index (χ0) is 15.6. The predicted octanol–water partition coefficient (Wildman–Crippen LogP) is 2.40. The van der Waals surface area contributed by atoms with E-state index in [0.29, 0.717) is 24.1 Å². The van der Waals surface area contributed by atoms with Crippen LogP contribution in [0.25, 0.3) is 0 Å². The first-order valence-electron chi connectivity index (χ1n) is 7.62. The molecule has 0 aliphatic carbocycles. The van der Waals surface area contributed by atoms with Gasteiger partial charge in [-0.2, -0.15) is 5.10 Å². The maximum atomic E-state index is 11.3. The molecule has 7 heteroatoms. The van der Waals surface area contributed by atoms with Crippen LogP contribution >= 0.6 is 0 Å². The molecule has 0 bridgehead atoms. The maximum absolute atomic E-state index is 11.3. The first-order chi connectivity index (χ1) is 9.93. The molecule has 1 aromatic rings. The average molecular weight is 295 g/mol. The summed E-state index contributed by atoms with van der Waals surface area (Å²) < 4.78 is 1.75. The minimum atomic E-state index is -0.324. The van der Waals surface area contributed by atoms with Crippen LogP contribution in [-0.4, -0.2) is 45.3 Å². The molecule has 0 saturated carbocycles. The first-order valence-corrected chi connectivity index (χ1v) is 7.62. The maximum Gasteiger partial charge on any atom is 0.333 e. The summed E-state index contributed by atoms with van der Waals surface area (Å²) in [5, 5.41) is 19.0. The van der Waals surface area contributed by atoms with Gasteiger partial charge in [-0.25, -0.2) is 4.68 Å². The van der Waals surface area contributed by atoms with E-state index in [1.165, 1.54) is 0 Å². The lowest BCUT2D eigenvalue weighted by molar-refractivity contribution is -0.384. The SMILES string of the molecule is CCCn1nc(C)c([N+](=O)[O-])c1NC1CCN(C)C(C)C1. The molecule has 1 N–H and O–H groups in total. The molecule has 1 aromatic heterocycles. The summed E-state index contributed by atoms with van der Waals surface area (Å²) >= 11 is 0. The molecule has 2 heterocycles. The Hall–Kier alpha value is -1.63. The van der Waals surface area contributed by atoms with Crippen molar-refractivity contribution in [3.8, 4) is 0 Å². The van der Waals surface area contributed by atoms with Crippen molar-refractivity contribution in [3.05, 3.63) is 15.8 Å². The summed E-state index contributed by atoms with van der Waals surface area (Å²) in [7, 11) is 2.12. The molecular formula is C14H25N5O2. The highest BCUT2D eigenvalue weighted by molar-refractivity contribution is 5.60. The van der Waals surface area contributed by atoms with Gasteiger partial charge in [0.1, 0.15) is 5.69 Å². The van der Waals surface area contributed by atoms with Crippen LogP contribution in [0.5, 0.6) is 0 Å². The number of rotatable bonds is 5. The summed E-state index contributed by atoms with van der Waals surface area (Å²) in [6, 6.07) is 0.751. The lowest BCUT2D eigenvalue weighted by Gasteiger charge is -2.35. The van der Waals surface area contributed by atoms with Gasteiger partial charge >= 0.3 is 5.69 Å². The van der Waals surface area contributed by atoms with E-state index >= 15 is 0 Å². The van der Waals surface area contributed by atoms with Crippen LogP contribution in [0.3, 0.4) is 0 Å². The molecular weight excluding hydrogens is 270 g/mol. The van der Waals surface area contributed by atoms with E-state index in [-0.39, 0.29) is 16.7 Å². The number of aryl methyl sites for hydroxylation is 2. The molecule has 2 atom stereocenters. The van der Waals surface area contributed by atoms with Crippen LogP contribution in [0.2, 0.25) is 0 Å². The molecule has 7 nitrogen and oxygen atoms in total. The van der Waals surface area contributed by atoms with Gasteiger partial charge in [-0.3, -0.25) is 10.1 Å². The number of nitro groups is 1. The van der Waals surface area contributed by atoms with Crippen molar-refractivity contribution in [3.63, 3.8) is 0 Å². The lowest BCUT2D eigenvalue weighted by Crippen LogP contribution is -2.43. The molecule has 1 saturated heterocycles. The van der Waals surface area contributed by atoms with Crippen molar-refractivity contribution in [1.82, 2.24) is 14.7 Å². The van der Waals surface area contributed by atoms with Gasteiger partial charge in [0.05, 0.1) is 4.92 Å². The third-order valence-electron chi connectivity index (χ3n) is 4.26. The third-order valence-corrected chi connectivity index (χ3v) is 4.26. The van der Waals surface area contributed by atoms with E-state index in [4.69, 9.17) is 0 Å². The van der Waals surface area contributed by atoms with Crippen LogP contribution in [0.15, 0.2) is 0 Å². The molecule has 1 aliphatic rings. The van der Waals surface area contributed by atoms with Crippen molar-refractivity contribution in [2.75, 3.05) is 18.9 Å². The molecule has 2 unspecified atom stereocenters. The number of piperidine rings is 1. The second-order valence-electron chi connectivity index (χ2n) is 5.96. The Bertz CT molecular complexity index is 514. The summed E-state index contributed by atoms with van der Waals surface area (Å²) in [6.07, 6.45) is 2.88.